The summed E-state index contributed by atoms with van der Waals surface area (Å²) in [4.78, 5) is 14.8. The summed E-state index contributed by atoms with van der Waals surface area (Å²) < 4.78 is 0. The molecule has 94 valence electrons. The van der Waals surface area contributed by atoms with Gasteiger partial charge in [0.25, 0.3) is 0 Å². The number of nitrogens with one attached hydrogen (secondary N) is 1. The van der Waals surface area contributed by atoms with Gasteiger partial charge in [-0.1, -0.05) is 25.6 Å². The highest BCUT2D eigenvalue weighted by Gasteiger charge is 2.18. The van der Waals surface area contributed by atoms with Crippen molar-refractivity contribution in [3.05, 3.63) is 22.2 Å². The lowest BCUT2D eigenvalue weighted by atomic mass is 10.4. The maximum absolute atomic E-state index is 10.9. The normalized spacial score (nSPS) is 12.2. The van der Waals surface area contributed by atoms with E-state index in [9.17, 15) is 10.1 Å². The summed E-state index contributed by atoms with van der Waals surface area (Å²) in [7, 11) is 0. The second-order valence-electron chi connectivity index (χ2n) is 3.64. The lowest BCUT2D eigenvalue weighted by Crippen LogP contribution is -2.03. The molecule has 0 aromatic carbocycles. The average Bonchev–Trinajstić information content (AvgIpc) is 2.29. The van der Waals surface area contributed by atoms with Gasteiger partial charge >= 0.3 is 5.69 Å². The first-order chi connectivity index (χ1) is 8.08. The largest absolute Gasteiger partial charge is 0.370 e. The summed E-state index contributed by atoms with van der Waals surface area (Å²) >= 11 is 1.45. The van der Waals surface area contributed by atoms with Crippen molar-refractivity contribution in [2.75, 3.05) is 11.9 Å². The van der Waals surface area contributed by atoms with Crippen LogP contribution in [0.1, 0.15) is 27.2 Å². The number of nitro groups is 1. The van der Waals surface area contributed by atoms with E-state index < -0.39 is 0 Å². The average molecular weight is 255 g/mol. The lowest BCUT2D eigenvalue weighted by molar-refractivity contribution is -0.388. The maximum Gasteiger partial charge on any atom is 0.301 e. The van der Waals surface area contributed by atoms with E-state index in [2.05, 4.69) is 17.2 Å². The molecule has 0 aliphatic heterocycles. The summed E-state index contributed by atoms with van der Waals surface area (Å²) in [6.07, 6.45) is 0.953. The molecule has 1 rings (SSSR count). The van der Waals surface area contributed by atoms with Crippen LogP contribution in [0, 0.1) is 10.1 Å². The fourth-order valence-corrected chi connectivity index (χ4v) is 2.17. The first kappa shape index (κ1) is 13.8. The molecule has 0 aliphatic rings. The smallest absolute Gasteiger partial charge is 0.301 e. The molecular formula is C11H17N3O2S. The van der Waals surface area contributed by atoms with Crippen LogP contribution in [0.2, 0.25) is 0 Å². The van der Waals surface area contributed by atoms with Crippen molar-refractivity contribution < 1.29 is 4.92 Å². The molecule has 1 heterocycles. The van der Waals surface area contributed by atoms with Crippen LogP contribution in [0.4, 0.5) is 11.5 Å². The third kappa shape index (κ3) is 3.89. The van der Waals surface area contributed by atoms with E-state index >= 15 is 0 Å². The molecule has 0 amide bonds. The van der Waals surface area contributed by atoms with E-state index in [1.54, 1.807) is 6.07 Å². The molecule has 0 saturated heterocycles. The molecule has 1 aromatic heterocycles. The Labute approximate surface area is 105 Å². The van der Waals surface area contributed by atoms with Gasteiger partial charge in [0.1, 0.15) is 5.82 Å². The minimum atomic E-state index is -0.382. The van der Waals surface area contributed by atoms with Gasteiger partial charge in [-0.05, 0) is 19.4 Å². The van der Waals surface area contributed by atoms with Crippen LogP contribution in [0.25, 0.3) is 0 Å². The first-order valence-electron chi connectivity index (χ1n) is 5.64. The minimum Gasteiger partial charge on any atom is -0.370 e. The summed E-state index contributed by atoms with van der Waals surface area (Å²) in [5, 5.41) is 14.8. The van der Waals surface area contributed by atoms with Gasteiger partial charge in [0, 0.05) is 17.9 Å². The van der Waals surface area contributed by atoms with Crippen molar-refractivity contribution in [3.63, 3.8) is 0 Å². The molecule has 1 atom stereocenters. The maximum atomic E-state index is 10.9. The van der Waals surface area contributed by atoms with E-state index in [4.69, 9.17) is 0 Å². The van der Waals surface area contributed by atoms with Crippen LogP contribution < -0.4 is 5.32 Å². The minimum absolute atomic E-state index is 0.0805. The summed E-state index contributed by atoms with van der Waals surface area (Å²) in [5.41, 5.74) is 0.0805. The molecule has 17 heavy (non-hydrogen) atoms. The predicted octanol–water partition coefficient (Wildman–Crippen LogP) is 3.31. The Morgan fingerprint density at radius 2 is 2.24 bits per heavy atom. The molecule has 1 N–H and O–H groups in total. The van der Waals surface area contributed by atoms with E-state index in [1.807, 2.05) is 13.8 Å². The van der Waals surface area contributed by atoms with Gasteiger partial charge in [0.05, 0.1) is 4.92 Å². The van der Waals surface area contributed by atoms with Crippen LogP contribution in [0.3, 0.4) is 0 Å². The number of thioether (sulfide) groups is 1. The van der Waals surface area contributed by atoms with Crippen molar-refractivity contribution >= 4 is 23.3 Å². The van der Waals surface area contributed by atoms with Gasteiger partial charge in [0.2, 0.25) is 0 Å². The van der Waals surface area contributed by atoms with Gasteiger partial charge in [-0.2, -0.15) is 0 Å². The quantitative estimate of drug-likeness (QED) is 0.480. The van der Waals surface area contributed by atoms with Crippen molar-refractivity contribution in [2.45, 2.75) is 37.5 Å². The Morgan fingerprint density at radius 1 is 1.53 bits per heavy atom. The molecule has 1 unspecified atom stereocenters. The molecule has 0 radical (unpaired) electrons. The third-order valence-electron chi connectivity index (χ3n) is 2.28. The van der Waals surface area contributed by atoms with E-state index in [-0.39, 0.29) is 10.6 Å². The Bertz CT molecular complexity index is 398. The molecule has 0 bridgehead atoms. The highest BCUT2D eigenvalue weighted by Crippen LogP contribution is 2.32. The molecule has 0 saturated carbocycles. The molecule has 0 aliphatic carbocycles. The number of aromatic nitrogens is 1. The highest BCUT2D eigenvalue weighted by molar-refractivity contribution is 8.00. The second-order valence-corrected chi connectivity index (χ2v) is 5.07. The number of pyridine rings is 1. The Kier molecular flexibility index (Phi) is 5.21. The first-order valence-corrected chi connectivity index (χ1v) is 6.52. The topological polar surface area (TPSA) is 68.1 Å². The number of anilines is 1. The van der Waals surface area contributed by atoms with Crippen LogP contribution in [-0.4, -0.2) is 21.7 Å². The third-order valence-corrected chi connectivity index (χ3v) is 3.54. The Hall–Kier alpha value is -1.30. The monoisotopic (exact) mass is 255 g/mol. The zero-order chi connectivity index (χ0) is 12.8. The van der Waals surface area contributed by atoms with Crippen LogP contribution >= 0.6 is 11.8 Å². The number of hydrogen-bond acceptors (Lipinski definition) is 5. The lowest BCUT2D eigenvalue weighted by Gasteiger charge is -2.09. The van der Waals surface area contributed by atoms with E-state index in [1.165, 1.54) is 17.8 Å². The van der Waals surface area contributed by atoms with Gasteiger partial charge in [-0.25, -0.2) is 4.98 Å². The standard InChI is InChI=1S/C11H17N3O2S/c1-4-8(3)17-11-9(14(15)16)6-7-10(13-11)12-5-2/h6-8H,4-5H2,1-3H3,(H,12,13). The molecule has 1 aromatic rings. The Morgan fingerprint density at radius 3 is 2.76 bits per heavy atom. The van der Waals surface area contributed by atoms with Crippen molar-refractivity contribution in [1.82, 2.24) is 4.98 Å². The van der Waals surface area contributed by atoms with E-state index in [0.29, 0.717) is 16.1 Å². The Balaban J connectivity index is 3.02. The van der Waals surface area contributed by atoms with Crippen molar-refractivity contribution in [2.24, 2.45) is 0 Å². The fourth-order valence-electron chi connectivity index (χ4n) is 1.21. The molecule has 5 nitrogen and oxygen atoms in total. The summed E-state index contributed by atoms with van der Waals surface area (Å²) in [5.74, 6) is 0.684. The number of nitrogens with zero attached hydrogens (tertiary/aromatic N) is 2. The fraction of sp³-hybridized carbons (Fsp3) is 0.545. The number of rotatable bonds is 6. The predicted molar refractivity (Wildman–Crippen MR) is 70.7 cm³/mol. The highest BCUT2D eigenvalue weighted by atomic mass is 32.2. The molecule has 0 spiro atoms. The zero-order valence-corrected chi connectivity index (χ0v) is 11.1. The molecule has 6 heteroatoms. The summed E-state index contributed by atoms with van der Waals surface area (Å²) in [6.45, 7) is 6.80. The van der Waals surface area contributed by atoms with Crippen molar-refractivity contribution in [3.8, 4) is 0 Å². The van der Waals surface area contributed by atoms with E-state index in [0.717, 1.165) is 13.0 Å². The van der Waals surface area contributed by atoms with Crippen molar-refractivity contribution in [1.29, 1.82) is 0 Å². The SMILES string of the molecule is CCNc1ccc([N+](=O)[O-])c(SC(C)CC)n1. The molecular weight excluding hydrogens is 238 g/mol. The van der Waals surface area contributed by atoms with Gasteiger partial charge in [-0.3, -0.25) is 10.1 Å². The van der Waals surface area contributed by atoms with Gasteiger partial charge in [-0.15, -0.1) is 0 Å². The van der Waals surface area contributed by atoms with Crippen LogP contribution in [0.5, 0.6) is 0 Å². The second kappa shape index (κ2) is 6.44. The van der Waals surface area contributed by atoms with Crippen LogP contribution in [-0.2, 0) is 0 Å². The number of hydrogen-bond donors (Lipinski definition) is 1. The van der Waals surface area contributed by atoms with Crippen LogP contribution in [0.15, 0.2) is 17.2 Å². The van der Waals surface area contributed by atoms with Gasteiger partial charge in [0.15, 0.2) is 5.03 Å². The summed E-state index contributed by atoms with van der Waals surface area (Å²) in [6, 6.07) is 3.15. The van der Waals surface area contributed by atoms with Gasteiger partial charge < -0.3 is 5.32 Å². The zero-order valence-electron chi connectivity index (χ0n) is 10.3. The molecule has 0 fully saturated rings.